The summed E-state index contributed by atoms with van der Waals surface area (Å²) >= 11 is 0. The molecule has 18 heavy (non-hydrogen) atoms. The molecule has 0 bridgehead atoms. The van der Waals surface area contributed by atoms with Crippen molar-refractivity contribution in [1.29, 1.82) is 0 Å². The fourth-order valence-electron chi connectivity index (χ4n) is 2.31. The van der Waals surface area contributed by atoms with Crippen LogP contribution in [0.1, 0.15) is 90.9 Å². The predicted octanol–water partition coefficient (Wildman–Crippen LogP) is 6.82. The molecule has 0 aliphatic carbocycles. The summed E-state index contributed by atoms with van der Waals surface area (Å²) in [6.45, 7) is 8.42. The van der Waals surface area contributed by atoms with Crippen LogP contribution in [0.15, 0.2) is 24.3 Å². The quantitative estimate of drug-likeness (QED) is 0.248. The van der Waals surface area contributed by atoms with E-state index in [1.54, 1.807) is 5.57 Å². The summed E-state index contributed by atoms with van der Waals surface area (Å²) in [6.07, 6.45) is 20.6. The Morgan fingerprint density at radius 2 is 1.44 bits per heavy atom. The van der Waals surface area contributed by atoms with Gasteiger partial charge < -0.3 is 0 Å². The zero-order valence-electron chi connectivity index (χ0n) is 12.8. The van der Waals surface area contributed by atoms with Gasteiger partial charge >= 0.3 is 0 Å². The van der Waals surface area contributed by atoms with E-state index in [9.17, 15) is 0 Å². The molecule has 0 atom stereocenters. The van der Waals surface area contributed by atoms with E-state index < -0.39 is 0 Å². The van der Waals surface area contributed by atoms with Gasteiger partial charge in [0.1, 0.15) is 0 Å². The molecular weight excluding hydrogens is 216 g/mol. The van der Waals surface area contributed by atoms with E-state index >= 15 is 0 Å². The van der Waals surface area contributed by atoms with Crippen molar-refractivity contribution >= 4 is 0 Å². The maximum Gasteiger partial charge on any atom is -0.0142 e. The first-order valence-corrected chi connectivity index (χ1v) is 8.13. The molecule has 0 nitrogen and oxygen atoms in total. The second kappa shape index (κ2) is 14.5. The van der Waals surface area contributed by atoms with Gasteiger partial charge in [-0.15, -0.1) is 6.58 Å². The molecule has 0 aliphatic heterocycles. The largest absolute Gasteiger partial charge is 0.103 e. The van der Waals surface area contributed by atoms with Crippen LogP contribution in [-0.2, 0) is 0 Å². The molecule has 0 fully saturated rings. The summed E-state index contributed by atoms with van der Waals surface area (Å²) in [5.41, 5.74) is 1.62. The summed E-state index contributed by atoms with van der Waals surface area (Å²) in [5, 5.41) is 0. The monoisotopic (exact) mass is 250 g/mol. The van der Waals surface area contributed by atoms with Crippen molar-refractivity contribution in [2.24, 2.45) is 0 Å². The van der Waals surface area contributed by atoms with Crippen molar-refractivity contribution in [2.75, 3.05) is 0 Å². The molecule has 0 aromatic rings. The fraction of sp³-hybridized carbons (Fsp3) is 0.778. The van der Waals surface area contributed by atoms with Gasteiger partial charge in [0.2, 0.25) is 0 Å². The number of allylic oxidation sites excluding steroid dienone is 3. The van der Waals surface area contributed by atoms with E-state index in [1.165, 1.54) is 70.6 Å². The standard InChI is InChI=1S/C18H34/c1-4-7-9-10-11-12-14-17-18(15-6-3)16-13-8-5-2/h6,17H,3-5,7-16H2,1-2H3/b18-17+. The predicted molar refractivity (Wildman–Crippen MR) is 85.0 cm³/mol. The van der Waals surface area contributed by atoms with Gasteiger partial charge in [0.05, 0.1) is 0 Å². The van der Waals surface area contributed by atoms with E-state index in [1.807, 2.05) is 0 Å². The SMILES string of the molecule is C=CC/C(=C\CCCCCCCC)CCCCC. The first kappa shape index (κ1) is 17.5. The molecule has 0 N–H and O–H groups in total. The Labute approximate surface area is 116 Å². The highest BCUT2D eigenvalue weighted by Gasteiger charge is 1.96. The Bertz CT molecular complexity index is 200. The topological polar surface area (TPSA) is 0 Å². The molecule has 0 aromatic carbocycles. The summed E-state index contributed by atoms with van der Waals surface area (Å²) in [6, 6.07) is 0. The molecule has 0 aliphatic rings. The Balaban J connectivity index is 3.62. The van der Waals surface area contributed by atoms with Gasteiger partial charge in [-0.2, -0.15) is 0 Å². The van der Waals surface area contributed by atoms with Gasteiger partial charge in [0, 0.05) is 0 Å². The fourth-order valence-corrected chi connectivity index (χ4v) is 2.31. The Morgan fingerprint density at radius 3 is 2.11 bits per heavy atom. The minimum Gasteiger partial charge on any atom is -0.103 e. The van der Waals surface area contributed by atoms with Gasteiger partial charge in [0.25, 0.3) is 0 Å². The minimum atomic E-state index is 1.10. The van der Waals surface area contributed by atoms with E-state index in [2.05, 4.69) is 32.6 Å². The molecule has 0 heterocycles. The van der Waals surface area contributed by atoms with Gasteiger partial charge in [0.15, 0.2) is 0 Å². The van der Waals surface area contributed by atoms with Gasteiger partial charge in [-0.25, -0.2) is 0 Å². The average Bonchev–Trinajstić information content (AvgIpc) is 2.38. The Kier molecular flexibility index (Phi) is 14.1. The van der Waals surface area contributed by atoms with Crippen LogP contribution in [0.4, 0.5) is 0 Å². The smallest absolute Gasteiger partial charge is 0.0142 e. The second-order valence-corrected chi connectivity index (χ2v) is 5.37. The van der Waals surface area contributed by atoms with Crippen LogP contribution < -0.4 is 0 Å². The van der Waals surface area contributed by atoms with Crippen LogP contribution in [-0.4, -0.2) is 0 Å². The van der Waals surface area contributed by atoms with E-state index in [-0.39, 0.29) is 0 Å². The average molecular weight is 250 g/mol. The van der Waals surface area contributed by atoms with Crippen molar-refractivity contribution in [3.8, 4) is 0 Å². The third kappa shape index (κ3) is 12.0. The van der Waals surface area contributed by atoms with Crippen molar-refractivity contribution in [2.45, 2.75) is 90.9 Å². The Hall–Kier alpha value is -0.520. The lowest BCUT2D eigenvalue weighted by Gasteiger charge is -2.05. The van der Waals surface area contributed by atoms with Gasteiger partial charge in [-0.3, -0.25) is 0 Å². The number of hydrogen-bond donors (Lipinski definition) is 0. The highest BCUT2D eigenvalue weighted by molar-refractivity contribution is 5.06. The molecule has 0 unspecified atom stereocenters. The Morgan fingerprint density at radius 1 is 0.833 bits per heavy atom. The third-order valence-corrected chi connectivity index (χ3v) is 3.50. The molecule has 0 saturated carbocycles. The maximum atomic E-state index is 3.87. The molecule has 0 aromatic heterocycles. The normalized spacial score (nSPS) is 11.8. The third-order valence-electron chi connectivity index (χ3n) is 3.50. The summed E-state index contributed by atoms with van der Waals surface area (Å²) in [4.78, 5) is 0. The molecule has 106 valence electrons. The number of unbranched alkanes of at least 4 members (excludes halogenated alkanes) is 8. The molecule has 0 heteroatoms. The molecule has 0 rings (SSSR count). The highest BCUT2D eigenvalue weighted by Crippen LogP contribution is 2.16. The van der Waals surface area contributed by atoms with E-state index in [0.717, 1.165) is 6.42 Å². The summed E-state index contributed by atoms with van der Waals surface area (Å²) in [5.74, 6) is 0. The van der Waals surface area contributed by atoms with E-state index in [0.29, 0.717) is 0 Å². The summed E-state index contributed by atoms with van der Waals surface area (Å²) < 4.78 is 0. The lowest BCUT2D eigenvalue weighted by molar-refractivity contribution is 0.609. The van der Waals surface area contributed by atoms with Crippen LogP contribution >= 0.6 is 0 Å². The van der Waals surface area contributed by atoms with Gasteiger partial charge in [-0.1, -0.05) is 76.5 Å². The first-order chi connectivity index (χ1) is 8.85. The lowest BCUT2D eigenvalue weighted by Crippen LogP contribution is -1.85. The molecule has 0 saturated heterocycles. The van der Waals surface area contributed by atoms with Crippen molar-refractivity contribution < 1.29 is 0 Å². The van der Waals surface area contributed by atoms with Crippen LogP contribution in [0.2, 0.25) is 0 Å². The summed E-state index contributed by atoms with van der Waals surface area (Å²) in [7, 11) is 0. The lowest BCUT2D eigenvalue weighted by atomic mass is 10.0. The van der Waals surface area contributed by atoms with Crippen LogP contribution in [0, 0.1) is 0 Å². The van der Waals surface area contributed by atoms with Gasteiger partial charge in [-0.05, 0) is 32.1 Å². The van der Waals surface area contributed by atoms with Crippen molar-refractivity contribution in [3.63, 3.8) is 0 Å². The van der Waals surface area contributed by atoms with Crippen molar-refractivity contribution in [3.05, 3.63) is 24.3 Å². The zero-order valence-corrected chi connectivity index (χ0v) is 12.8. The highest BCUT2D eigenvalue weighted by atomic mass is 14.0. The van der Waals surface area contributed by atoms with E-state index in [4.69, 9.17) is 0 Å². The zero-order chi connectivity index (χ0) is 13.5. The van der Waals surface area contributed by atoms with Crippen molar-refractivity contribution in [1.82, 2.24) is 0 Å². The minimum absolute atomic E-state index is 1.10. The van der Waals surface area contributed by atoms with Crippen LogP contribution in [0.25, 0.3) is 0 Å². The second-order valence-electron chi connectivity index (χ2n) is 5.37. The molecule has 0 amide bonds. The molecule has 0 spiro atoms. The molecule has 0 radical (unpaired) electrons. The molecular formula is C18H34. The number of hydrogen-bond acceptors (Lipinski definition) is 0. The first-order valence-electron chi connectivity index (χ1n) is 8.13. The van der Waals surface area contributed by atoms with Crippen LogP contribution in [0.5, 0.6) is 0 Å². The number of rotatable bonds is 13. The maximum absolute atomic E-state index is 3.87. The van der Waals surface area contributed by atoms with Crippen LogP contribution in [0.3, 0.4) is 0 Å².